The third-order valence-corrected chi connectivity index (χ3v) is 6.10. The first-order valence-electron chi connectivity index (χ1n) is 11.2. The fraction of sp³-hybridized carbons (Fsp3) is 0.261. The van der Waals surface area contributed by atoms with Gasteiger partial charge in [0.1, 0.15) is 17.6 Å². The zero-order chi connectivity index (χ0) is 25.2. The van der Waals surface area contributed by atoms with Gasteiger partial charge in [-0.3, -0.25) is 14.9 Å². The normalized spacial score (nSPS) is 13.7. The Hall–Kier alpha value is -4.32. The molecular weight excluding hydrogens is 488 g/mol. The molecule has 0 unspecified atom stereocenters. The van der Waals surface area contributed by atoms with Gasteiger partial charge in [0, 0.05) is 37.3 Å². The summed E-state index contributed by atoms with van der Waals surface area (Å²) < 4.78 is 7.13. The zero-order valence-corrected chi connectivity index (χ0v) is 20.0. The summed E-state index contributed by atoms with van der Waals surface area (Å²) in [5.74, 6) is 0.938. The number of ether oxygens (including phenoxy) is 1. The predicted molar refractivity (Wildman–Crippen MR) is 132 cm³/mol. The van der Waals surface area contributed by atoms with Crippen molar-refractivity contribution >= 4 is 40.2 Å². The van der Waals surface area contributed by atoms with E-state index in [-0.39, 0.29) is 16.3 Å². The number of nitro groups is 1. The quantitative estimate of drug-likeness (QED) is 0.284. The van der Waals surface area contributed by atoms with Gasteiger partial charge in [0.25, 0.3) is 11.6 Å². The number of fused-ring (bicyclic) bond motifs is 1. The number of benzene rings is 2. The van der Waals surface area contributed by atoms with E-state index in [2.05, 4.69) is 20.3 Å². The van der Waals surface area contributed by atoms with Crippen molar-refractivity contribution in [1.29, 1.82) is 0 Å². The van der Waals surface area contributed by atoms with Crippen LogP contribution >= 0.6 is 11.6 Å². The molecule has 12 nitrogen and oxygen atoms in total. The predicted octanol–water partition coefficient (Wildman–Crippen LogP) is 3.13. The van der Waals surface area contributed by atoms with E-state index in [0.29, 0.717) is 49.8 Å². The maximum Gasteiger partial charge on any atom is 0.282 e. The maximum absolute atomic E-state index is 13.0. The lowest BCUT2D eigenvalue weighted by Gasteiger charge is -2.35. The molecule has 5 rings (SSSR count). The number of rotatable bonds is 6. The number of nitro benzene ring substituents is 1. The minimum atomic E-state index is -0.578. The number of hydrogen-bond donors (Lipinski definition) is 0. The summed E-state index contributed by atoms with van der Waals surface area (Å²) >= 11 is 5.99. The van der Waals surface area contributed by atoms with Crippen LogP contribution in [0.25, 0.3) is 16.9 Å². The van der Waals surface area contributed by atoms with Crippen molar-refractivity contribution in [2.24, 2.45) is 0 Å². The molecule has 0 atom stereocenters. The van der Waals surface area contributed by atoms with E-state index in [9.17, 15) is 14.9 Å². The monoisotopic (exact) mass is 508 g/mol. The Kier molecular flexibility index (Phi) is 6.34. The van der Waals surface area contributed by atoms with Gasteiger partial charge in [-0.15, -0.1) is 5.10 Å². The fourth-order valence-corrected chi connectivity index (χ4v) is 4.29. The first kappa shape index (κ1) is 23.4. The minimum absolute atomic E-state index is 0.0244. The minimum Gasteiger partial charge on any atom is -0.494 e. The molecule has 3 heterocycles. The summed E-state index contributed by atoms with van der Waals surface area (Å²) in [6, 6.07) is 11.4. The van der Waals surface area contributed by atoms with Crippen LogP contribution in [0, 0.1) is 10.1 Å². The number of nitrogens with zero attached hydrogens (tertiary/aromatic N) is 8. The van der Waals surface area contributed by atoms with Crippen LogP contribution in [0.4, 0.5) is 11.5 Å². The number of aromatic nitrogens is 5. The highest BCUT2D eigenvalue weighted by Crippen LogP contribution is 2.27. The van der Waals surface area contributed by atoms with Gasteiger partial charge in [0.2, 0.25) is 0 Å². The second kappa shape index (κ2) is 9.74. The molecule has 0 saturated carbocycles. The molecule has 4 aromatic rings. The highest BCUT2D eigenvalue weighted by atomic mass is 35.5. The van der Waals surface area contributed by atoms with Gasteiger partial charge in [-0.25, -0.2) is 9.97 Å². The second-order valence-corrected chi connectivity index (χ2v) is 8.43. The summed E-state index contributed by atoms with van der Waals surface area (Å²) in [5, 5.41) is 20.2. The SMILES string of the molecule is CCOc1ccc(-n2nnc3c(N4CCN(C(=O)c5cc(Cl)ccc5[N+](=O)[O-])CC4)ncnc32)cc1. The number of amides is 1. The molecule has 1 fully saturated rings. The highest BCUT2D eigenvalue weighted by molar-refractivity contribution is 6.31. The van der Waals surface area contributed by atoms with Crippen molar-refractivity contribution in [3.05, 3.63) is 69.5 Å². The lowest BCUT2D eigenvalue weighted by atomic mass is 10.1. The van der Waals surface area contributed by atoms with E-state index >= 15 is 0 Å². The summed E-state index contributed by atoms with van der Waals surface area (Å²) in [6.07, 6.45) is 1.46. The Labute approximate surface area is 210 Å². The third kappa shape index (κ3) is 4.38. The molecule has 2 aromatic carbocycles. The topological polar surface area (TPSA) is 132 Å². The van der Waals surface area contributed by atoms with Crippen LogP contribution in [0.15, 0.2) is 48.8 Å². The fourth-order valence-electron chi connectivity index (χ4n) is 4.12. The van der Waals surface area contributed by atoms with Gasteiger partial charge in [0.15, 0.2) is 17.0 Å². The van der Waals surface area contributed by atoms with Crippen LogP contribution in [-0.4, -0.2) is 73.5 Å². The zero-order valence-electron chi connectivity index (χ0n) is 19.2. The van der Waals surface area contributed by atoms with Crippen LogP contribution in [0.5, 0.6) is 5.75 Å². The van der Waals surface area contributed by atoms with E-state index in [0.717, 1.165) is 11.4 Å². The maximum atomic E-state index is 13.0. The molecule has 1 amide bonds. The Morgan fingerprint density at radius 2 is 1.86 bits per heavy atom. The van der Waals surface area contributed by atoms with E-state index in [1.807, 2.05) is 36.1 Å². The van der Waals surface area contributed by atoms with Gasteiger partial charge in [-0.1, -0.05) is 16.8 Å². The van der Waals surface area contributed by atoms with Crippen molar-refractivity contribution in [1.82, 2.24) is 29.9 Å². The van der Waals surface area contributed by atoms with E-state index in [1.54, 1.807) is 9.58 Å². The Balaban J connectivity index is 1.35. The molecule has 1 saturated heterocycles. The van der Waals surface area contributed by atoms with Crippen molar-refractivity contribution in [2.45, 2.75) is 6.92 Å². The van der Waals surface area contributed by atoms with Gasteiger partial charge >= 0.3 is 0 Å². The Morgan fingerprint density at radius 3 is 2.56 bits per heavy atom. The molecule has 1 aliphatic heterocycles. The largest absolute Gasteiger partial charge is 0.494 e. The third-order valence-electron chi connectivity index (χ3n) is 5.86. The van der Waals surface area contributed by atoms with Crippen molar-refractivity contribution < 1.29 is 14.5 Å². The lowest BCUT2D eigenvalue weighted by Crippen LogP contribution is -2.49. The van der Waals surface area contributed by atoms with Gasteiger partial charge in [-0.2, -0.15) is 4.68 Å². The van der Waals surface area contributed by atoms with Crippen molar-refractivity contribution in [3.8, 4) is 11.4 Å². The summed E-state index contributed by atoms with van der Waals surface area (Å²) in [6.45, 7) is 4.12. The van der Waals surface area contributed by atoms with E-state index < -0.39 is 10.8 Å². The smallest absolute Gasteiger partial charge is 0.282 e. The van der Waals surface area contributed by atoms with Crippen LogP contribution in [0.3, 0.4) is 0 Å². The molecule has 0 N–H and O–H groups in total. The summed E-state index contributed by atoms with van der Waals surface area (Å²) in [5.41, 5.74) is 1.58. The second-order valence-electron chi connectivity index (χ2n) is 8.00. The Morgan fingerprint density at radius 1 is 1.11 bits per heavy atom. The van der Waals surface area contributed by atoms with E-state index in [4.69, 9.17) is 16.3 Å². The van der Waals surface area contributed by atoms with Crippen molar-refractivity contribution in [2.75, 3.05) is 37.7 Å². The van der Waals surface area contributed by atoms with E-state index in [1.165, 1.54) is 24.5 Å². The Bertz CT molecular complexity index is 1430. The number of carbonyl (C=O) groups is 1. The molecule has 1 aliphatic rings. The number of anilines is 1. The molecule has 184 valence electrons. The molecule has 0 aliphatic carbocycles. The highest BCUT2D eigenvalue weighted by Gasteiger charge is 2.29. The molecule has 0 bridgehead atoms. The number of halogens is 1. The molecule has 0 spiro atoms. The number of piperazine rings is 1. The lowest BCUT2D eigenvalue weighted by molar-refractivity contribution is -0.385. The van der Waals surface area contributed by atoms with Gasteiger partial charge in [0.05, 0.1) is 17.2 Å². The van der Waals surface area contributed by atoms with Crippen LogP contribution in [-0.2, 0) is 0 Å². The molecular formula is C23H21ClN8O4. The number of hydrogen-bond acceptors (Lipinski definition) is 9. The van der Waals surface area contributed by atoms with Gasteiger partial charge < -0.3 is 14.5 Å². The summed E-state index contributed by atoms with van der Waals surface area (Å²) in [7, 11) is 0. The average molecular weight is 509 g/mol. The molecule has 36 heavy (non-hydrogen) atoms. The van der Waals surface area contributed by atoms with Crippen LogP contribution < -0.4 is 9.64 Å². The van der Waals surface area contributed by atoms with Crippen molar-refractivity contribution in [3.63, 3.8) is 0 Å². The first-order chi connectivity index (χ1) is 17.5. The average Bonchev–Trinajstić information content (AvgIpc) is 3.33. The molecule has 13 heteroatoms. The van der Waals surface area contributed by atoms with Crippen LogP contribution in [0.1, 0.15) is 17.3 Å². The van der Waals surface area contributed by atoms with Crippen LogP contribution in [0.2, 0.25) is 5.02 Å². The number of carbonyl (C=O) groups excluding carboxylic acids is 1. The molecule has 0 radical (unpaired) electrons. The van der Waals surface area contributed by atoms with Gasteiger partial charge in [-0.05, 0) is 43.3 Å². The first-order valence-corrected chi connectivity index (χ1v) is 11.6. The molecule has 2 aromatic heterocycles. The standard InChI is InChI=1S/C23H21ClN8O4/c1-2-36-17-6-4-16(5-7-17)31-22-20(27-28-31)21(25-14-26-22)29-9-11-30(12-10-29)23(33)18-13-15(24)3-8-19(18)32(34)35/h3-8,13-14H,2,9-12H2,1H3. The summed E-state index contributed by atoms with van der Waals surface area (Å²) in [4.78, 5) is 36.2.